The van der Waals surface area contributed by atoms with Gasteiger partial charge in [0.2, 0.25) is 5.91 Å². The van der Waals surface area contributed by atoms with Crippen LogP contribution in [0.15, 0.2) is 12.1 Å². The minimum absolute atomic E-state index is 0. The molecule has 6 heteroatoms. The van der Waals surface area contributed by atoms with E-state index in [0.717, 1.165) is 42.9 Å². The number of carbonyl (C=O) groups is 1. The molecule has 1 aromatic rings. The van der Waals surface area contributed by atoms with Gasteiger partial charge in [-0.3, -0.25) is 4.79 Å². The van der Waals surface area contributed by atoms with Crippen molar-refractivity contribution in [3.05, 3.63) is 23.3 Å². The minimum atomic E-state index is 0. The maximum absolute atomic E-state index is 12.1. The van der Waals surface area contributed by atoms with Crippen LogP contribution in [0.2, 0.25) is 0 Å². The van der Waals surface area contributed by atoms with Crippen LogP contribution >= 0.6 is 12.4 Å². The fourth-order valence-corrected chi connectivity index (χ4v) is 3.33. The van der Waals surface area contributed by atoms with Crippen LogP contribution in [0.4, 0.5) is 0 Å². The van der Waals surface area contributed by atoms with Crippen molar-refractivity contribution < 1.29 is 14.3 Å². The summed E-state index contributed by atoms with van der Waals surface area (Å²) in [7, 11) is 0. The van der Waals surface area contributed by atoms with Crippen molar-refractivity contribution in [1.29, 1.82) is 0 Å². The van der Waals surface area contributed by atoms with Gasteiger partial charge < -0.3 is 20.1 Å². The number of hydrogen-bond acceptors (Lipinski definition) is 4. The highest BCUT2D eigenvalue weighted by Gasteiger charge is 2.22. The first-order valence-electron chi connectivity index (χ1n) is 8.61. The molecule has 1 fully saturated rings. The summed E-state index contributed by atoms with van der Waals surface area (Å²) in [5.41, 5.74) is 2.17. The highest BCUT2D eigenvalue weighted by Crippen LogP contribution is 2.35. The van der Waals surface area contributed by atoms with E-state index in [2.05, 4.69) is 23.6 Å². The molecule has 0 spiro atoms. The number of benzene rings is 1. The molecule has 0 radical (unpaired) electrons. The van der Waals surface area contributed by atoms with Gasteiger partial charge >= 0.3 is 0 Å². The maximum atomic E-state index is 12.1. The van der Waals surface area contributed by atoms with Crippen LogP contribution in [0.25, 0.3) is 0 Å². The Morgan fingerprint density at radius 2 is 2.29 bits per heavy atom. The third kappa shape index (κ3) is 4.54. The van der Waals surface area contributed by atoms with E-state index in [9.17, 15) is 4.79 Å². The van der Waals surface area contributed by atoms with Crippen LogP contribution in [0.1, 0.15) is 44.2 Å². The van der Waals surface area contributed by atoms with Crippen molar-refractivity contribution in [2.75, 3.05) is 13.2 Å². The molecule has 5 nitrogen and oxygen atoms in total. The molecule has 134 valence electrons. The average Bonchev–Trinajstić information content (AvgIpc) is 3.13. The lowest BCUT2D eigenvalue weighted by Crippen LogP contribution is -2.31. The SMILES string of the molecule is CCOc1cc2c(cc1CNC(=O)CC1CCCN1)OC(C)C2.Cl. The first-order chi connectivity index (χ1) is 11.2. The van der Waals surface area contributed by atoms with Crippen LogP contribution < -0.4 is 20.1 Å². The van der Waals surface area contributed by atoms with E-state index in [1.165, 1.54) is 5.56 Å². The number of amides is 1. The monoisotopic (exact) mass is 354 g/mol. The molecule has 2 aliphatic heterocycles. The van der Waals surface area contributed by atoms with Crippen LogP contribution in [0, 0.1) is 0 Å². The van der Waals surface area contributed by atoms with Crippen molar-refractivity contribution in [2.24, 2.45) is 0 Å². The second-order valence-corrected chi connectivity index (χ2v) is 6.41. The van der Waals surface area contributed by atoms with Gasteiger partial charge in [0.05, 0.1) is 6.61 Å². The minimum Gasteiger partial charge on any atom is -0.494 e. The standard InChI is InChI=1S/C18H26N2O3.ClH/c1-3-22-16-8-13-7-12(2)23-17(13)9-14(16)11-20-18(21)10-15-5-4-6-19-15;/h8-9,12,15,19H,3-7,10-11H2,1-2H3,(H,20,21);1H. The van der Waals surface area contributed by atoms with Gasteiger partial charge in [0, 0.05) is 36.6 Å². The van der Waals surface area contributed by atoms with Gasteiger partial charge in [-0.15, -0.1) is 12.4 Å². The fourth-order valence-electron chi connectivity index (χ4n) is 3.33. The summed E-state index contributed by atoms with van der Waals surface area (Å²) in [6, 6.07) is 4.39. The summed E-state index contributed by atoms with van der Waals surface area (Å²) in [4.78, 5) is 12.1. The molecule has 2 unspecified atom stereocenters. The van der Waals surface area contributed by atoms with E-state index < -0.39 is 0 Å². The molecule has 1 saturated heterocycles. The molecule has 0 saturated carbocycles. The lowest BCUT2D eigenvalue weighted by molar-refractivity contribution is -0.121. The average molecular weight is 355 g/mol. The van der Waals surface area contributed by atoms with Crippen LogP contribution in [-0.4, -0.2) is 31.2 Å². The normalized spacial score (nSPS) is 21.6. The molecule has 2 atom stereocenters. The lowest BCUT2D eigenvalue weighted by Gasteiger charge is -2.14. The zero-order valence-electron chi connectivity index (χ0n) is 14.4. The van der Waals surface area contributed by atoms with Crippen molar-refractivity contribution in [3.8, 4) is 11.5 Å². The van der Waals surface area contributed by atoms with E-state index in [4.69, 9.17) is 9.47 Å². The van der Waals surface area contributed by atoms with E-state index in [0.29, 0.717) is 25.6 Å². The van der Waals surface area contributed by atoms with Gasteiger partial charge in [0.15, 0.2) is 0 Å². The van der Waals surface area contributed by atoms with Crippen molar-refractivity contribution in [3.63, 3.8) is 0 Å². The Kier molecular flexibility index (Phi) is 6.75. The van der Waals surface area contributed by atoms with Crippen LogP contribution in [-0.2, 0) is 17.8 Å². The number of fused-ring (bicyclic) bond motifs is 1. The van der Waals surface area contributed by atoms with Crippen LogP contribution in [0.5, 0.6) is 11.5 Å². The number of ether oxygens (including phenoxy) is 2. The van der Waals surface area contributed by atoms with E-state index in [1.807, 2.05) is 13.0 Å². The molecule has 24 heavy (non-hydrogen) atoms. The largest absolute Gasteiger partial charge is 0.494 e. The number of halogens is 1. The quantitative estimate of drug-likeness (QED) is 0.824. The van der Waals surface area contributed by atoms with Gasteiger partial charge in [-0.1, -0.05) is 0 Å². The zero-order valence-corrected chi connectivity index (χ0v) is 15.2. The molecule has 2 N–H and O–H groups in total. The van der Waals surface area contributed by atoms with Crippen molar-refractivity contribution >= 4 is 18.3 Å². The van der Waals surface area contributed by atoms with Gasteiger partial charge in [-0.25, -0.2) is 0 Å². The highest BCUT2D eigenvalue weighted by molar-refractivity contribution is 5.85. The van der Waals surface area contributed by atoms with Gasteiger partial charge in [0.1, 0.15) is 17.6 Å². The number of hydrogen-bond donors (Lipinski definition) is 2. The second kappa shape index (κ2) is 8.58. The Labute approximate surface area is 149 Å². The lowest BCUT2D eigenvalue weighted by atomic mass is 10.1. The summed E-state index contributed by atoms with van der Waals surface area (Å²) in [6.07, 6.45) is 3.91. The Morgan fingerprint density at radius 3 is 3.00 bits per heavy atom. The number of carbonyl (C=O) groups excluding carboxylic acids is 1. The summed E-state index contributed by atoms with van der Waals surface area (Å²) >= 11 is 0. The van der Waals surface area contributed by atoms with Crippen LogP contribution in [0.3, 0.4) is 0 Å². The Morgan fingerprint density at radius 1 is 1.46 bits per heavy atom. The summed E-state index contributed by atoms with van der Waals surface area (Å²) < 4.78 is 11.6. The third-order valence-corrected chi connectivity index (χ3v) is 4.45. The zero-order chi connectivity index (χ0) is 16.2. The fraction of sp³-hybridized carbons (Fsp3) is 0.611. The molecule has 0 bridgehead atoms. The first kappa shape index (κ1) is 18.9. The molecule has 0 aromatic heterocycles. The van der Waals surface area contributed by atoms with Crippen molar-refractivity contribution in [1.82, 2.24) is 10.6 Å². The molecule has 3 rings (SSSR count). The molecule has 2 heterocycles. The predicted molar refractivity (Wildman–Crippen MR) is 96.1 cm³/mol. The first-order valence-corrected chi connectivity index (χ1v) is 8.61. The highest BCUT2D eigenvalue weighted by atomic mass is 35.5. The van der Waals surface area contributed by atoms with Gasteiger partial charge in [0.25, 0.3) is 0 Å². The van der Waals surface area contributed by atoms with E-state index in [1.54, 1.807) is 0 Å². The smallest absolute Gasteiger partial charge is 0.221 e. The summed E-state index contributed by atoms with van der Waals surface area (Å²) in [6.45, 7) is 6.15. The molecule has 1 amide bonds. The Bertz CT molecular complexity index is 574. The van der Waals surface area contributed by atoms with E-state index >= 15 is 0 Å². The third-order valence-electron chi connectivity index (χ3n) is 4.45. The molecule has 1 aromatic carbocycles. The second-order valence-electron chi connectivity index (χ2n) is 6.41. The molecule has 2 aliphatic rings. The van der Waals surface area contributed by atoms with Crippen molar-refractivity contribution in [2.45, 2.75) is 58.2 Å². The summed E-state index contributed by atoms with van der Waals surface area (Å²) in [5.74, 6) is 1.85. The topological polar surface area (TPSA) is 59.6 Å². The Hall–Kier alpha value is -1.46. The molecule has 0 aliphatic carbocycles. The summed E-state index contributed by atoms with van der Waals surface area (Å²) in [5, 5.41) is 6.36. The predicted octanol–water partition coefficient (Wildman–Crippen LogP) is 2.59. The van der Waals surface area contributed by atoms with Gasteiger partial charge in [-0.2, -0.15) is 0 Å². The Balaban J connectivity index is 0.00000208. The number of nitrogens with one attached hydrogen (secondary N) is 2. The molecular weight excluding hydrogens is 328 g/mol. The maximum Gasteiger partial charge on any atom is 0.221 e. The number of rotatable bonds is 6. The van der Waals surface area contributed by atoms with Gasteiger partial charge in [-0.05, 0) is 45.4 Å². The molecular formula is C18H27ClN2O3. The van der Waals surface area contributed by atoms with E-state index in [-0.39, 0.29) is 24.4 Å².